The molecule has 1 fully saturated rings. The van der Waals surface area contributed by atoms with E-state index >= 15 is 0 Å². The van der Waals surface area contributed by atoms with Gasteiger partial charge in [-0.15, -0.1) is 11.3 Å². The molecule has 106 valence electrons. The van der Waals surface area contributed by atoms with Crippen molar-refractivity contribution in [2.75, 3.05) is 13.2 Å². The smallest absolute Gasteiger partial charge is 0.239 e. The van der Waals surface area contributed by atoms with E-state index in [4.69, 9.17) is 10.5 Å². The SMILES string of the molecule is CCC(N)C(=O)N(Cc1cccs1)CC1CCCO1. The quantitative estimate of drug-likeness (QED) is 0.868. The van der Waals surface area contributed by atoms with Crippen molar-refractivity contribution in [3.05, 3.63) is 22.4 Å². The lowest BCUT2D eigenvalue weighted by Crippen LogP contribution is -2.45. The van der Waals surface area contributed by atoms with Gasteiger partial charge in [0, 0.05) is 18.0 Å². The lowest BCUT2D eigenvalue weighted by molar-refractivity contribution is -0.134. The van der Waals surface area contributed by atoms with Crippen LogP contribution in [0.3, 0.4) is 0 Å². The maximum atomic E-state index is 12.3. The largest absolute Gasteiger partial charge is 0.376 e. The Bertz CT molecular complexity index is 388. The van der Waals surface area contributed by atoms with Crippen LogP contribution in [-0.4, -0.2) is 36.1 Å². The fourth-order valence-electron chi connectivity index (χ4n) is 2.27. The Labute approximate surface area is 118 Å². The highest BCUT2D eigenvalue weighted by molar-refractivity contribution is 7.09. The molecule has 1 aliphatic heterocycles. The Balaban J connectivity index is 2.00. The predicted molar refractivity (Wildman–Crippen MR) is 77.0 cm³/mol. The van der Waals surface area contributed by atoms with Gasteiger partial charge in [0.05, 0.1) is 18.7 Å². The van der Waals surface area contributed by atoms with Gasteiger partial charge in [0.2, 0.25) is 5.91 Å². The van der Waals surface area contributed by atoms with Crippen molar-refractivity contribution in [2.45, 2.75) is 44.9 Å². The third kappa shape index (κ3) is 4.03. The summed E-state index contributed by atoms with van der Waals surface area (Å²) in [5.41, 5.74) is 5.89. The van der Waals surface area contributed by atoms with Gasteiger partial charge in [-0.25, -0.2) is 0 Å². The standard InChI is InChI=1S/C14H22N2O2S/c1-2-13(15)14(17)16(9-11-5-3-7-18-11)10-12-6-4-8-19-12/h4,6,8,11,13H,2-3,5,7,9-10,15H2,1H3. The molecule has 2 atom stereocenters. The molecule has 0 aromatic carbocycles. The molecule has 4 nitrogen and oxygen atoms in total. The fourth-order valence-corrected chi connectivity index (χ4v) is 2.99. The second kappa shape index (κ2) is 7.03. The average molecular weight is 282 g/mol. The normalized spacial score (nSPS) is 20.4. The van der Waals surface area contributed by atoms with Crippen LogP contribution in [0.25, 0.3) is 0 Å². The summed E-state index contributed by atoms with van der Waals surface area (Å²) in [6.45, 7) is 4.05. The Morgan fingerprint density at radius 1 is 1.68 bits per heavy atom. The van der Waals surface area contributed by atoms with Crippen molar-refractivity contribution in [3.63, 3.8) is 0 Å². The van der Waals surface area contributed by atoms with Crippen LogP contribution < -0.4 is 5.73 Å². The Kier molecular flexibility index (Phi) is 5.36. The second-order valence-electron chi connectivity index (χ2n) is 4.95. The molecule has 0 spiro atoms. The Hall–Kier alpha value is -0.910. The van der Waals surface area contributed by atoms with E-state index in [1.807, 2.05) is 23.3 Å². The molecule has 0 radical (unpaired) electrons. The van der Waals surface area contributed by atoms with E-state index in [0.29, 0.717) is 19.5 Å². The summed E-state index contributed by atoms with van der Waals surface area (Å²) in [6, 6.07) is 3.66. The Morgan fingerprint density at radius 3 is 3.11 bits per heavy atom. The van der Waals surface area contributed by atoms with Gasteiger partial charge < -0.3 is 15.4 Å². The van der Waals surface area contributed by atoms with Gasteiger partial charge in [0.15, 0.2) is 0 Å². The van der Waals surface area contributed by atoms with E-state index in [2.05, 4.69) is 6.07 Å². The van der Waals surface area contributed by atoms with E-state index < -0.39 is 6.04 Å². The number of amides is 1. The van der Waals surface area contributed by atoms with Crippen LogP contribution in [0.5, 0.6) is 0 Å². The van der Waals surface area contributed by atoms with Gasteiger partial charge in [-0.3, -0.25) is 4.79 Å². The first-order valence-electron chi connectivity index (χ1n) is 6.89. The number of thiophene rings is 1. The molecule has 2 unspecified atom stereocenters. The summed E-state index contributed by atoms with van der Waals surface area (Å²) in [4.78, 5) is 15.4. The fraction of sp³-hybridized carbons (Fsp3) is 0.643. The predicted octanol–water partition coefficient (Wildman–Crippen LogP) is 1.99. The molecular weight excluding hydrogens is 260 g/mol. The molecular formula is C14H22N2O2S. The monoisotopic (exact) mass is 282 g/mol. The molecule has 1 amide bonds. The Morgan fingerprint density at radius 2 is 2.53 bits per heavy atom. The van der Waals surface area contributed by atoms with Crippen LogP contribution in [0.2, 0.25) is 0 Å². The average Bonchev–Trinajstić information content (AvgIpc) is 3.09. The number of hydrogen-bond donors (Lipinski definition) is 1. The zero-order valence-electron chi connectivity index (χ0n) is 11.4. The van der Waals surface area contributed by atoms with E-state index in [-0.39, 0.29) is 12.0 Å². The van der Waals surface area contributed by atoms with E-state index in [9.17, 15) is 4.79 Å². The number of carbonyl (C=O) groups excluding carboxylic acids is 1. The highest BCUT2D eigenvalue weighted by Gasteiger charge is 2.25. The molecule has 2 heterocycles. The number of carbonyl (C=O) groups is 1. The molecule has 19 heavy (non-hydrogen) atoms. The third-order valence-electron chi connectivity index (χ3n) is 3.44. The highest BCUT2D eigenvalue weighted by Crippen LogP contribution is 2.18. The number of ether oxygens (including phenoxy) is 1. The lowest BCUT2D eigenvalue weighted by Gasteiger charge is -2.27. The molecule has 0 aliphatic carbocycles. The summed E-state index contributed by atoms with van der Waals surface area (Å²) in [7, 11) is 0. The zero-order chi connectivity index (χ0) is 13.7. The molecule has 1 aliphatic rings. The highest BCUT2D eigenvalue weighted by atomic mass is 32.1. The minimum Gasteiger partial charge on any atom is -0.376 e. The topological polar surface area (TPSA) is 55.6 Å². The number of nitrogens with zero attached hydrogens (tertiary/aromatic N) is 1. The van der Waals surface area contributed by atoms with Crippen molar-refractivity contribution in [3.8, 4) is 0 Å². The molecule has 1 aromatic rings. The van der Waals surface area contributed by atoms with Crippen molar-refractivity contribution in [1.29, 1.82) is 0 Å². The third-order valence-corrected chi connectivity index (χ3v) is 4.30. The molecule has 1 saturated heterocycles. The minimum absolute atomic E-state index is 0.0337. The molecule has 2 N–H and O–H groups in total. The summed E-state index contributed by atoms with van der Waals surface area (Å²) in [5.74, 6) is 0.0337. The van der Waals surface area contributed by atoms with Crippen molar-refractivity contribution >= 4 is 17.2 Å². The van der Waals surface area contributed by atoms with Crippen LogP contribution >= 0.6 is 11.3 Å². The molecule has 2 rings (SSSR count). The number of hydrogen-bond acceptors (Lipinski definition) is 4. The molecule has 1 aromatic heterocycles. The first-order valence-corrected chi connectivity index (χ1v) is 7.77. The van der Waals surface area contributed by atoms with Gasteiger partial charge in [0.25, 0.3) is 0 Å². The van der Waals surface area contributed by atoms with Crippen LogP contribution in [0, 0.1) is 0 Å². The number of nitrogens with two attached hydrogens (primary N) is 1. The first kappa shape index (κ1) is 14.5. The minimum atomic E-state index is -0.402. The summed E-state index contributed by atoms with van der Waals surface area (Å²) in [6.07, 6.45) is 2.97. The van der Waals surface area contributed by atoms with Gasteiger partial charge in [-0.05, 0) is 30.7 Å². The molecule has 0 saturated carbocycles. The maximum absolute atomic E-state index is 12.3. The van der Waals surface area contributed by atoms with Crippen molar-refractivity contribution < 1.29 is 9.53 Å². The van der Waals surface area contributed by atoms with Gasteiger partial charge in [-0.2, -0.15) is 0 Å². The van der Waals surface area contributed by atoms with Crippen molar-refractivity contribution in [2.24, 2.45) is 5.73 Å². The van der Waals surface area contributed by atoms with Crippen LogP contribution in [0.4, 0.5) is 0 Å². The lowest BCUT2D eigenvalue weighted by atomic mass is 10.1. The van der Waals surface area contributed by atoms with Gasteiger partial charge in [-0.1, -0.05) is 13.0 Å². The van der Waals surface area contributed by atoms with E-state index in [1.165, 1.54) is 4.88 Å². The van der Waals surface area contributed by atoms with Crippen LogP contribution in [-0.2, 0) is 16.1 Å². The molecule has 5 heteroatoms. The van der Waals surface area contributed by atoms with Crippen LogP contribution in [0.1, 0.15) is 31.1 Å². The maximum Gasteiger partial charge on any atom is 0.239 e. The van der Waals surface area contributed by atoms with Crippen molar-refractivity contribution in [1.82, 2.24) is 4.90 Å². The first-order chi connectivity index (χ1) is 9.20. The number of rotatable bonds is 6. The van der Waals surface area contributed by atoms with Gasteiger partial charge in [0.1, 0.15) is 0 Å². The molecule has 0 bridgehead atoms. The van der Waals surface area contributed by atoms with E-state index in [0.717, 1.165) is 19.4 Å². The summed E-state index contributed by atoms with van der Waals surface area (Å²) < 4.78 is 5.63. The summed E-state index contributed by atoms with van der Waals surface area (Å²) in [5, 5.41) is 2.03. The zero-order valence-corrected chi connectivity index (χ0v) is 12.2. The second-order valence-corrected chi connectivity index (χ2v) is 5.98. The van der Waals surface area contributed by atoms with Crippen LogP contribution in [0.15, 0.2) is 17.5 Å². The van der Waals surface area contributed by atoms with E-state index in [1.54, 1.807) is 11.3 Å². The van der Waals surface area contributed by atoms with Gasteiger partial charge >= 0.3 is 0 Å². The summed E-state index contributed by atoms with van der Waals surface area (Å²) >= 11 is 1.67.